The van der Waals surface area contributed by atoms with Gasteiger partial charge >= 0.3 is 5.97 Å². The fourth-order valence-electron chi connectivity index (χ4n) is 7.75. The normalized spacial score (nSPS) is 13.9. The van der Waals surface area contributed by atoms with E-state index < -0.39 is 18.2 Å². The van der Waals surface area contributed by atoms with Crippen LogP contribution >= 0.6 is 0 Å². The van der Waals surface area contributed by atoms with Crippen LogP contribution < -0.4 is 5.32 Å². The van der Waals surface area contributed by atoms with Crippen molar-refractivity contribution in [2.45, 2.75) is 264 Å². The van der Waals surface area contributed by atoms with E-state index in [0.29, 0.717) is 19.3 Å². The summed E-state index contributed by atoms with van der Waals surface area (Å²) in [7, 11) is 0. The van der Waals surface area contributed by atoms with Crippen molar-refractivity contribution in [3.8, 4) is 0 Å². The Morgan fingerprint density at radius 1 is 0.469 bits per heavy atom. The molecule has 6 nitrogen and oxygen atoms in total. The number of hydrogen-bond acceptors (Lipinski definition) is 5. The van der Waals surface area contributed by atoms with Gasteiger partial charge in [0.25, 0.3) is 0 Å². The van der Waals surface area contributed by atoms with E-state index in [-0.39, 0.29) is 31.3 Å². The van der Waals surface area contributed by atoms with Crippen LogP contribution in [-0.2, 0) is 14.3 Å². The molecule has 368 valence electrons. The molecule has 0 radical (unpaired) electrons. The Hall–Kier alpha value is -2.96. The van der Waals surface area contributed by atoms with E-state index in [4.69, 9.17) is 4.74 Å². The number of carbonyl (C=O) groups excluding carboxylic acids is 2. The molecule has 0 aromatic carbocycles. The summed E-state index contributed by atoms with van der Waals surface area (Å²) in [6.07, 6.45) is 66.5. The van der Waals surface area contributed by atoms with Gasteiger partial charge in [-0.3, -0.25) is 9.59 Å². The Kier molecular flexibility index (Phi) is 48.7. The van der Waals surface area contributed by atoms with Crippen LogP contribution in [-0.4, -0.2) is 46.9 Å². The van der Waals surface area contributed by atoms with Gasteiger partial charge in [-0.1, -0.05) is 254 Å². The average Bonchev–Trinajstić information content (AvgIpc) is 3.29. The number of esters is 1. The number of aliphatic hydroxyl groups is 2. The zero-order valence-corrected chi connectivity index (χ0v) is 41.9. The fraction of sp³-hybridized carbons (Fsp3) is 0.724. The number of ether oxygens (including phenoxy) is 1. The van der Waals surface area contributed by atoms with E-state index in [2.05, 4.69) is 68.6 Å². The molecule has 0 aliphatic heterocycles. The summed E-state index contributed by atoms with van der Waals surface area (Å²) < 4.78 is 5.88. The summed E-state index contributed by atoms with van der Waals surface area (Å²) in [5.41, 5.74) is 0. The first-order valence-corrected chi connectivity index (χ1v) is 26.9. The van der Waals surface area contributed by atoms with E-state index in [1.54, 1.807) is 0 Å². The first-order chi connectivity index (χ1) is 31.5. The minimum atomic E-state index is -0.813. The Labute approximate surface area is 395 Å². The zero-order valence-electron chi connectivity index (χ0n) is 41.9. The van der Waals surface area contributed by atoms with E-state index in [1.165, 1.54) is 128 Å². The van der Waals surface area contributed by atoms with Gasteiger partial charge in [-0.05, 0) is 64.2 Å². The van der Waals surface area contributed by atoms with Crippen LogP contribution in [0.4, 0.5) is 0 Å². The number of unbranched alkanes of at least 4 members (excludes halogenated alkanes) is 25. The molecule has 0 aliphatic carbocycles. The summed E-state index contributed by atoms with van der Waals surface area (Å²) in [5.74, 6) is -0.599. The number of aliphatic hydroxyl groups excluding tert-OH is 2. The van der Waals surface area contributed by atoms with Gasteiger partial charge in [0.1, 0.15) is 6.10 Å². The summed E-state index contributed by atoms with van der Waals surface area (Å²) in [6, 6.07) is -0.731. The van der Waals surface area contributed by atoms with Crippen LogP contribution in [0.15, 0.2) is 85.1 Å². The van der Waals surface area contributed by atoms with Gasteiger partial charge in [0.05, 0.1) is 25.2 Å². The standard InChI is InChI=1S/C58H101NO5/c1-4-7-10-13-16-19-22-25-27-29-32-34-37-40-43-46-49-54(64-58(63)51-48-45-42-39-36-31-24-21-18-15-12-9-6-3)52-57(62)59-55(53-60)56(61)50-47-44-41-38-35-33-30-28-26-23-20-17-14-11-8-5-2/h10,13,16,19,22,25,27,29,31-32,34,36,42,45,54-56,60-61H,4-9,11-12,14-15,17-18,20-21,23-24,26,28,30,33,35,37-41,43-44,46-53H2,1-3H3,(H,59,62)/b13-10+,19-16+,25-22+,29-27+,34-32+,36-31-,45-42+. The molecule has 3 atom stereocenters. The second kappa shape index (κ2) is 51.0. The number of rotatable bonds is 47. The second-order valence-corrected chi connectivity index (χ2v) is 18.0. The molecule has 0 spiro atoms. The van der Waals surface area contributed by atoms with Crippen LogP contribution in [0, 0.1) is 0 Å². The summed E-state index contributed by atoms with van der Waals surface area (Å²) in [5, 5.41) is 23.8. The van der Waals surface area contributed by atoms with Gasteiger partial charge in [-0.25, -0.2) is 0 Å². The van der Waals surface area contributed by atoms with Crippen molar-refractivity contribution < 1.29 is 24.5 Å². The van der Waals surface area contributed by atoms with Gasteiger partial charge in [-0.15, -0.1) is 0 Å². The predicted molar refractivity (Wildman–Crippen MR) is 278 cm³/mol. The highest BCUT2D eigenvalue weighted by molar-refractivity contribution is 5.77. The molecular formula is C58H101NO5. The van der Waals surface area contributed by atoms with Gasteiger partial charge in [0.2, 0.25) is 5.91 Å². The largest absolute Gasteiger partial charge is 0.462 e. The summed E-state index contributed by atoms with van der Waals surface area (Å²) in [6.45, 7) is 6.37. The maximum Gasteiger partial charge on any atom is 0.306 e. The molecule has 0 heterocycles. The molecule has 0 rings (SSSR count). The highest BCUT2D eigenvalue weighted by Crippen LogP contribution is 2.17. The Morgan fingerprint density at radius 2 is 0.891 bits per heavy atom. The first kappa shape index (κ1) is 61.0. The minimum absolute atomic E-state index is 0.0235. The van der Waals surface area contributed by atoms with E-state index in [1.807, 2.05) is 42.5 Å². The number of carbonyl (C=O) groups is 2. The molecule has 6 heteroatoms. The quantitative estimate of drug-likeness (QED) is 0.0245. The Morgan fingerprint density at radius 3 is 1.41 bits per heavy atom. The number of allylic oxidation sites excluding steroid dienone is 14. The zero-order chi connectivity index (χ0) is 46.7. The molecule has 0 fully saturated rings. The van der Waals surface area contributed by atoms with E-state index in [9.17, 15) is 19.8 Å². The van der Waals surface area contributed by atoms with Crippen molar-refractivity contribution in [1.29, 1.82) is 0 Å². The minimum Gasteiger partial charge on any atom is -0.462 e. The van der Waals surface area contributed by atoms with Gasteiger partial charge in [0.15, 0.2) is 0 Å². The lowest BCUT2D eigenvalue weighted by Gasteiger charge is -2.24. The lowest BCUT2D eigenvalue weighted by molar-refractivity contribution is -0.150. The number of amides is 1. The first-order valence-electron chi connectivity index (χ1n) is 26.9. The van der Waals surface area contributed by atoms with Crippen molar-refractivity contribution in [3.05, 3.63) is 85.1 Å². The molecule has 3 unspecified atom stereocenters. The van der Waals surface area contributed by atoms with Gasteiger partial charge < -0.3 is 20.3 Å². The van der Waals surface area contributed by atoms with Crippen molar-refractivity contribution in [2.75, 3.05) is 6.61 Å². The van der Waals surface area contributed by atoms with Crippen LogP contribution in [0.25, 0.3) is 0 Å². The molecular weight excluding hydrogens is 791 g/mol. The second-order valence-electron chi connectivity index (χ2n) is 18.0. The molecule has 0 saturated carbocycles. The summed E-state index contributed by atoms with van der Waals surface area (Å²) >= 11 is 0. The van der Waals surface area contributed by atoms with Crippen molar-refractivity contribution in [1.82, 2.24) is 5.32 Å². The van der Waals surface area contributed by atoms with Crippen molar-refractivity contribution in [2.24, 2.45) is 0 Å². The summed E-state index contributed by atoms with van der Waals surface area (Å²) in [4.78, 5) is 26.1. The molecule has 0 saturated heterocycles. The van der Waals surface area contributed by atoms with Crippen LogP contribution in [0.2, 0.25) is 0 Å². The average molecular weight is 892 g/mol. The maximum absolute atomic E-state index is 13.2. The van der Waals surface area contributed by atoms with Crippen molar-refractivity contribution >= 4 is 11.9 Å². The molecule has 3 N–H and O–H groups in total. The fourth-order valence-corrected chi connectivity index (χ4v) is 7.75. The van der Waals surface area contributed by atoms with E-state index in [0.717, 1.165) is 64.2 Å². The maximum atomic E-state index is 13.2. The highest BCUT2D eigenvalue weighted by atomic mass is 16.5. The van der Waals surface area contributed by atoms with E-state index >= 15 is 0 Å². The monoisotopic (exact) mass is 892 g/mol. The van der Waals surface area contributed by atoms with Crippen LogP contribution in [0.3, 0.4) is 0 Å². The third-order valence-corrected chi connectivity index (χ3v) is 11.8. The molecule has 0 aliphatic rings. The third kappa shape index (κ3) is 45.6. The molecule has 0 aromatic rings. The lowest BCUT2D eigenvalue weighted by Crippen LogP contribution is -2.46. The molecule has 0 bridgehead atoms. The topological polar surface area (TPSA) is 95.9 Å². The molecule has 1 amide bonds. The lowest BCUT2D eigenvalue weighted by atomic mass is 10.0. The smallest absolute Gasteiger partial charge is 0.306 e. The third-order valence-electron chi connectivity index (χ3n) is 11.8. The Balaban J connectivity index is 4.71. The molecule has 64 heavy (non-hydrogen) atoms. The molecule has 0 aromatic heterocycles. The number of nitrogens with one attached hydrogen (secondary N) is 1. The highest BCUT2D eigenvalue weighted by Gasteiger charge is 2.24. The van der Waals surface area contributed by atoms with Crippen molar-refractivity contribution in [3.63, 3.8) is 0 Å². The van der Waals surface area contributed by atoms with Crippen LogP contribution in [0.1, 0.15) is 245 Å². The predicted octanol–water partition coefficient (Wildman–Crippen LogP) is 16.3. The Bertz CT molecular complexity index is 1230. The van der Waals surface area contributed by atoms with Gasteiger partial charge in [-0.2, -0.15) is 0 Å². The number of hydrogen-bond donors (Lipinski definition) is 3. The van der Waals surface area contributed by atoms with Crippen LogP contribution in [0.5, 0.6) is 0 Å². The SMILES string of the molecule is CCC/C=C/C=C/C=C/C=C/C=C/CCCCCC(CC(=O)NC(CO)C(O)CCCCCCCCCCCCCCCCCC)OC(=O)CC/C=C/C/C=C\CCCCCCCC. The van der Waals surface area contributed by atoms with Gasteiger partial charge in [0, 0.05) is 6.42 Å².